The normalized spacial score (nSPS) is 12.8. The van der Waals surface area contributed by atoms with Crippen molar-refractivity contribution in [3.63, 3.8) is 0 Å². The molecule has 2 aromatic rings. The zero-order valence-electron chi connectivity index (χ0n) is 14.8. The van der Waals surface area contributed by atoms with Gasteiger partial charge in [0.2, 0.25) is 5.91 Å². The van der Waals surface area contributed by atoms with E-state index in [1.165, 1.54) is 0 Å². The minimum atomic E-state index is -0.685. The first-order valence-electron chi connectivity index (χ1n) is 8.30. The van der Waals surface area contributed by atoms with Crippen LogP contribution in [0.3, 0.4) is 0 Å². The van der Waals surface area contributed by atoms with Crippen molar-refractivity contribution in [2.45, 2.75) is 39.5 Å². The number of hydrogen-bond donors (Lipinski definition) is 2. The highest BCUT2D eigenvalue weighted by molar-refractivity contribution is 5.85. The Balaban J connectivity index is 1.81. The van der Waals surface area contributed by atoms with Gasteiger partial charge in [0.1, 0.15) is 12.6 Å². The molecule has 2 atom stereocenters. The number of amides is 2. The van der Waals surface area contributed by atoms with Crippen LogP contribution in [0.25, 0.3) is 0 Å². The average Bonchev–Trinajstić information content (AvgIpc) is 2.61. The van der Waals surface area contributed by atoms with Crippen molar-refractivity contribution in [1.82, 2.24) is 10.6 Å². The summed E-state index contributed by atoms with van der Waals surface area (Å²) in [5, 5.41) is 5.45. The van der Waals surface area contributed by atoms with Crippen molar-refractivity contribution in [3.05, 3.63) is 71.3 Å². The van der Waals surface area contributed by atoms with E-state index in [0.29, 0.717) is 0 Å². The summed E-state index contributed by atoms with van der Waals surface area (Å²) in [6.07, 6.45) is -0.616. The summed E-state index contributed by atoms with van der Waals surface area (Å²) in [6.45, 7) is 5.71. The van der Waals surface area contributed by atoms with Gasteiger partial charge in [-0.05, 0) is 37.5 Å². The Kier molecular flexibility index (Phi) is 6.57. The molecule has 25 heavy (non-hydrogen) atoms. The largest absolute Gasteiger partial charge is 0.445 e. The lowest BCUT2D eigenvalue weighted by Gasteiger charge is -2.20. The molecule has 2 N–H and O–H groups in total. The van der Waals surface area contributed by atoms with Crippen LogP contribution < -0.4 is 10.6 Å². The second-order valence-electron chi connectivity index (χ2n) is 6.01. The van der Waals surface area contributed by atoms with Crippen LogP contribution >= 0.6 is 0 Å². The summed E-state index contributed by atoms with van der Waals surface area (Å²) in [4.78, 5) is 24.1. The minimum Gasteiger partial charge on any atom is -0.445 e. The number of carbonyl (C=O) groups excluding carboxylic acids is 2. The molecule has 0 heterocycles. The number of hydrogen-bond acceptors (Lipinski definition) is 3. The summed E-state index contributed by atoms with van der Waals surface area (Å²) >= 11 is 0. The monoisotopic (exact) mass is 340 g/mol. The molecule has 0 aromatic heterocycles. The summed E-state index contributed by atoms with van der Waals surface area (Å²) in [5.41, 5.74) is 3.05. The highest BCUT2D eigenvalue weighted by atomic mass is 16.5. The van der Waals surface area contributed by atoms with Crippen molar-refractivity contribution < 1.29 is 14.3 Å². The first-order chi connectivity index (χ1) is 12.0. The summed E-state index contributed by atoms with van der Waals surface area (Å²) < 4.78 is 5.13. The fourth-order valence-corrected chi connectivity index (χ4v) is 2.50. The van der Waals surface area contributed by atoms with Gasteiger partial charge in [-0.15, -0.1) is 0 Å². The lowest BCUT2D eigenvalue weighted by atomic mass is 10.0. The number of ether oxygens (including phenoxy) is 1. The molecule has 0 aliphatic carbocycles. The fourth-order valence-electron chi connectivity index (χ4n) is 2.50. The van der Waals surface area contributed by atoms with Crippen LogP contribution in [0.2, 0.25) is 0 Å². The number of nitrogens with one attached hydrogen (secondary N) is 2. The van der Waals surface area contributed by atoms with Crippen molar-refractivity contribution in [2.75, 3.05) is 0 Å². The Bertz CT molecular complexity index is 716. The SMILES string of the molecule is Cc1ccccc1[C@@H](C)NC(=O)[C@H](C)NC(=O)OCc1ccccc1. The van der Waals surface area contributed by atoms with Crippen molar-refractivity contribution in [3.8, 4) is 0 Å². The highest BCUT2D eigenvalue weighted by Gasteiger charge is 2.19. The quantitative estimate of drug-likeness (QED) is 0.846. The van der Waals surface area contributed by atoms with Gasteiger partial charge in [-0.1, -0.05) is 54.6 Å². The predicted molar refractivity (Wildman–Crippen MR) is 97.0 cm³/mol. The van der Waals surface area contributed by atoms with Gasteiger partial charge in [0.25, 0.3) is 0 Å². The molecular weight excluding hydrogens is 316 g/mol. The molecule has 132 valence electrons. The molecule has 0 bridgehead atoms. The lowest BCUT2D eigenvalue weighted by molar-refractivity contribution is -0.123. The summed E-state index contributed by atoms with van der Waals surface area (Å²) in [6, 6.07) is 16.4. The third-order valence-corrected chi connectivity index (χ3v) is 3.95. The van der Waals surface area contributed by atoms with Gasteiger partial charge in [-0.3, -0.25) is 4.79 Å². The Labute approximate surface area is 148 Å². The second kappa shape index (κ2) is 8.87. The third-order valence-electron chi connectivity index (χ3n) is 3.95. The van der Waals surface area contributed by atoms with E-state index >= 15 is 0 Å². The van der Waals surface area contributed by atoms with Crippen LogP contribution in [0, 0.1) is 6.92 Å². The molecule has 2 aromatic carbocycles. The molecule has 2 amide bonds. The van der Waals surface area contributed by atoms with Gasteiger partial charge in [-0.25, -0.2) is 4.79 Å². The van der Waals surface area contributed by atoms with E-state index in [2.05, 4.69) is 10.6 Å². The highest BCUT2D eigenvalue weighted by Crippen LogP contribution is 2.16. The molecule has 0 unspecified atom stereocenters. The summed E-state index contributed by atoms with van der Waals surface area (Å²) in [7, 11) is 0. The molecule has 5 heteroatoms. The number of benzene rings is 2. The van der Waals surface area contributed by atoms with E-state index in [-0.39, 0.29) is 18.6 Å². The predicted octanol–water partition coefficient (Wildman–Crippen LogP) is 3.49. The summed E-state index contributed by atoms with van der Waals surface area (Å²) in [5.74, 6) is -0.257. The maximum Gasteiger partial charge on any atom is 0.408 e. The standard InChI is InChI=1S/C20H24N2O3/c1-14-9-7-8-12-18(14)15(2)21-19(23)16(3)22-20(24)25-13-17-10-5-4-6-11-17/h4-12,15-16H,13H2,1-3H3,(H,21,23)(H,22,24)/t15-,16+/m1/s1. The van der Waals surface area contributed by atoms with Crippen molar-refractivity contribution in [1.29, 1.82) is 0 Å². The van der Waals surface area contributed by atoms with E-state index in [9.17, 15) is 9.59 Å². The topological polar surface area (TPSA) is 67.4 Å². The molecule has 0 spiro atoms. The zero-order chi connectivity index (χ0) is 18.2. The minimum absolute atomic E-state index is 0.140. The average molecular weight is 340 g/mol. The number of alkyl carbamates (subject to hydrolysis) is 1. The molecule has 0 aliphatic heterocycles. The smallest absolute Gasteiger partial charge is 0.408 e. The van der Waals surface area contributed by atoms with Gasteiger partial charge in [0, 0.05) is 0 Å². The molecule has 0 fully saturated rings. The molecule has 2 rings (SSSR count). The zero-order valence-corrected chi connectivity index (χ0v) is 14.8. The second-order valence-corrected chi connectivity index (χ2v) is 6.01. The van der Waals surface area contributed by atoms with Crippen LogP contribution in [-0.2, 0) is 16.1 Å². The van der Waals surface area contributed by atoms with Crippen LogP contribution in [-0.4, -0.2) is 18.0 Å². The maximum atomic E-state index is 12.3. The van der Waals surface area contributed by atoms with E-state index in [1.54, 1.807) is 6.92 Å². The van der Waals surface area contributed by atoms with Crippen LogP contribution in [0.5, 0.6) is 0 Å². The van der Waals surface area contributed by atoms with Gasteiger partial charge in [-0.2, -0.15) is 0 Å². The van der Waals surface area contributed by atoms with Crippen LogP contribution in [0.4, 0.5) is 4.79 Å². The molecule has 5 nitrogen and oxygen atoms in total. The van der Waals surface area contributed by atoms with Crippen LogP contribution in [0.1, 0.15) is 36.6 Å². The Morgan fingerprint density at radius 2 is 1.60 bits per heavy atom. The maximum absolute atomic E-state index is 12.3. The number of rotatable bonds is 6. The van der Waals surface area contributed by atoms with E-state index in [0.717, 1.165) is 16.7 Å². The van der Waals surface area contributed by atoms with Crippen molar-refractivity contribution >= 4 is 12.0 Å². The third kappa shape index (κ3) is 5.64. The van der Waals surface area contributed by atoms with Gasteiger partial charge in [0.05, 0.1) is 6.04 Å². The number of aryl methyl sites for hydroxylation is 1. The first kappa shape index (κ1) is 18.5. The van der Waals surface area contributed by atoms with Crippen LogP contribution in [0.15, 0.2) is 54.6 Å². The van der Waals surface area contributed by atoms with Gasteiger partial charge in [0.15, 0.2) is 0 Å². The van der Waals surface area contributed by atoms with Gasteiger partial charge >= 0.3 is 6.09 Å². The van der Waals surface area contributed by atoms with E-state index in [1.807, 2.05) is 68.4 Å². The van der Waals surface area contributed by atoms with Crippen molar-refractivity contribution in [2.24, 2.45) is 0 Å². The molecule has 0 aliphatic rings. The lowest BCUT2D eigenvalue weighted by Crippen LogP contribution is -2.45. The molecule has 0 saturated heterocycles. The first-order valence-corrected chi connectivity index (χ1v) is 8.30. The molecule has 0 radical (unpaired) electrons. The Hall–Kier alpha value is -2.82. The molecule has 0 saturated carbocycles. The van der Waals surface area contributed by atoms with E-state index < -0.39 is 12.1 Å². The Morgan fingerprint density at radius 1 is 0.960 bits per heavy atom. The van der Waals surface area contributed by atoms with Gasteiger partial charge < -0.3 is 15.4 Å². The number of carbonyl (C=O) groups is 2. The Morgan fingerprint density at radius 3 is 2.28 bits per heavy atom. The molecular formula is C20H24N2O3. The van der Waals surface area contributed by atoms with E-state index in [4.69, 9.17) is 4.74 Å². The fraction of sp³-hybridized carbons (Fsp3) is 0.300.